The molecule has 1 aromatic carbocycles. The van der Waals surface area contributed by atoms with Gasteiger partial charge >= 0.3 is 0 Å². The van der Waals surface area contributed by atoms with Crippen LogP contribution in [0.25, 0.3) is 4.96 Å². The molecule has 0 aliphatic rings. The highest BCUT2D eigenvalue weighted by atomic mass is 35.5. The van der Waals surface area contributed by atoms with Crippen LogP contribution in [0.5, 0.6) is 0 Å². The normalized spacial score (nSPS) is 11.0. The maximum absolute atomic E-state index is 12.1. The second-order valence-electron chi connectivity index (χ2n) is 4.36. The maximum atomic E-state index is 12.1. The highest BCUT2D eigenvalue weighted by Gasteiger charge is 2.12. The second-order valence-corrected chi connectivity index (χ2v) is 6.05. The van der Waals surface area contributed by atoms with Crippen molar-refractivity contribution < 1.29 is 4.79 Å². The minimum atomic E-state index is -0.282. The highest BCUT2D eigenvalue weighted by Crippen LogP contribution is 2.28. The summed E-state index contributed by atoms with van der Waals surface area (Å²) >= 11 is 13.4. The third kappa shape index (κ3) is 2.83. The van der Waals surface area contributed by atoms with Crippen molar-refractivity contribution in [3.8, 4) is 0 Å². The SMILES string of the molecule is Nc1c(Cl)cc(C(=O)NCc2cn3ccsc3n2)cc1Cl. The number of imidazole rings is 1. The molecule has 0 fully saturated rings. The lowest BCUT2D eigenvalue weighted by molar-refractivity contribution is 0.0950. The van der Waals surface area contributed by atoms with E-state index in [1.54, 1.807) is 0 Å². The van der Waals surface area contributed by atoms with Gasteiger partial charge in [-0.3, -0.25) is 9.20 Å². The van der Waals surface area contributed by atoms with Gasteiger partial charge in [0.15, 0.2) is 4.96 Å². The fourth-order valence-electron chi connectivity index (χ4n) is 1.85. The molecule has 0 radical (unpaired) electrons. The topological polar surface area (TPSA) is 72.4 Å². The number of carbonyl (C=O) groups is 1. The van der Waals surface area contributed by atoms with Crippen molar-refractivity contribution >= 4 is 51.1 Å². The minimum absolute atomic E-state index is 0.259. The van der Waals surface area contributed by atoms with Gasteiger partial charge in [-0.2, -0.15) is 0 Å². The average Bonchev–Trinajstić information content (AvgIpc) is 3.02. The molecule has 5 nitrogen and oxygen atoms in total. The number of aromatic nitrogens is 2. The largest absolute Gasteiger partial charge is 0.396 e. The summed E-state index contributed by atoms with van der Waals surface area (Å²) in [4.78, 5) is 17.4. The number of nitrogen functional groups attached to an aromatic ring is 1. The molecule has 8 heteroatoms. The lowest BCUT2D eigenvalue weighted by atomic mass is 10.2. The Morgan fingerprint density at radius 2 is 2.10 bits per heavy atom. The van der Waals surface area contributed by atoms with Crippen molar-refractivity contribution in [2.75, 3.05) is 5.73 Å². The molecule has 0 atom stereocenters. The molecule has 0 aliphatic heterocycles. The Hall–Kier alpha value is -1.76. The predicted molar refractivity (Wildman–Crippen MR) is 85.1 cm³/mol. The number of amides is 1. The van der Waals surface area contributed by atoms with Crippen LogP contribution >= 0.6 is 34.5 Å². The number of hydrogen-bond donors (Lipinski definition) is 2. The molecule has 0 aliphatic carbocycles. The molecule has 21 heavy (non-hydrogen) atoms. The summed E-state index contributed by atoms with van der Waals surface area (Å²) in [5.74, 6) is -0.282. The number of anilines is 1. The van der Waals surface area contributed by atoms with Crippen molar-refractivity contribution in [2.24, 2.45) is 0 Å². The number of nitrogens with one attached hydrogen (secondary N) is 1. The van der Waals surface area contributed by atoms with Crippen molar-refractivity contribution in [1.82, 2.24) is 14.7 Å². The first kappa shape index (κ1) is 14.2. The third-order valence-electron chi connectivity index (χ3n) is 2.91. The standard InChI is InChI=1S/C13H10Cl2N4OS/c14-9-3-7(4-10(15)11(9)16)12(20)17-5-8-6-19-1-2-21-13(19)18-8/h1-4,6H,5,16H2,(H,17,20). The lowest BCUT2D eigenvalue weighted by Gasteiger charge is -2.07. The van der Waals surface area contributed by atoms with Crippen LogP contribution < -0.4 is 11.1 Å². The van der Waals surface area contributed by atoms with Gasteiger partial charge in [-0.05, 0) is 12.1 Å². The van der Waals surface area contributed by atoms with Gasteiger partial charge in [0.25, 0.3) is 5.91 Å². The summed E-state index contributed by atoms with van der Waals surface area (Å²) in [6.07, 6.45) is 3.78. The van der Waals surface area contributed by atoms with Gasteiger partial charge in [-0.15, -0.1) is 11.3 Å². The van der Waals surface area contributed by atoms with E-state index in [0.717, 1.165) is 10.7 Å². The molecule has 108 valence electrons. The van der Waals surface area contributed by atoms with Gasteiger partial charge in [0.2, 0.25) is 0 Å². The Balaban J connectivity index is 1.73. The fraction of sp³-hybridized carbons (Fsp3) is 0.0769. The molecular formula is C13H10Cl2N4OS. The van der Waals surface area contributed by atoms with Gasteiger partial charge in [-0.1, -0.05) is 23.2 Å². The predicted octanol–water partition coefficient (Wildman–Crippen LogP) is 3.21. The summed E-state index contributed by atoms with van der Waals surface area (Å²) in [6, 6.07) is 2.98. The smallest absolute Gasteiger partial charge is 0.251 e. The molecule has 1 amide bonds. The van der Waals surface area contributed by atoms with Crippen LogP contribution in [0.2, 0.25) is 10.0 Å². The number of rotatable bonds is 3. The number of benzene rings is 1. The lowest BCUT2D eigenvalue weighted by Crippen LogP contribution is -2.23. The van der Waals surface area contributed by atoms with Crippen molar-refractivity contribution in [3.05, 3.63) is 51.2 Å². The Morgan fingerprint density at radius 1 is 1.38 bits per heavy atom. The molecule has 0 bridgehead atoms. The Labute approximate surface area is 134 Å². The number of halogens is 2. The van der Waals surface area contributed by atoms with Crippen LogP contribution in [0, 0.1) is 0 Å². The fourth-order valence-corrected chi connectivity index (χ4v) is 3.06. The second kappa shape index (κ2) is 5.55. The molecule has 0 spiro atoms. The van der Waals surface area contributed by atoms with Gasteiger partial charge in [-0.25, -0.2) is 4.98 Å². The summed E-state index contributed by atoms with van der Waals surface area (Å²) in [7, 11) is 0. The minimum Gasteiger partial charge on any atom is -0.396 e. The molecule has 3 aromatic rings. The van der Waals surface area contributed by atoms with Crippen LogP contribution in [0.1, 0.15) is 16.1 Å². The van der Waals surface area contributed by atoms with E-state index in [-0.39, 0.29) is 21.6 Å². The highest BCUT2D eigenvalue weighted by molar-refractivity contribution is 7.15. The van der Waals surface area contributed by atoms with E-state index < -0.39 is 0 Å². The quantitative estimate of drug-likeness (QED) is 0.719. The zero-order valence-electron chi connectivity index (χ0n) is 10.6. The van der Waals surface area contributed by atoms with E-state index in [1.807, 2.05) is 22.2 Å². The zero-order valence-corrected chi connectivity index (χ0v) is 13.0. The first-order valence-corrected chi connectivity index (χ1v) is 7.62. The van der Waals surface area contributed by atoms with E-state index in [0.29, 0.717) is 12.1 Å². The van der Waals surface area contributed by atoms with E-state index in [4.69, 9.17) is 28.9 Å². The first-order chi connectivity index (χ1) is 10.0. The molecule has 3 rings (SSSR count). The van der Waals surface area contributed by atoms with Gasteiger partial charge < -0.3 is 11.1 Å². The molecule has 2 aromatic heterocycles. The molecule has 0 saturated heterocycles. The van der Waals surface area contributed by atoms with E-state index in [9.17, 15) is 4.79 Å². The van der Waals surface area contributed by atoms with Crippen LogP contribution in [0.4, 0.5) is 5.69 Å². The number of nitrogens with zero attached hydrogens (tertiary/aromatic N) is 2. The van der Waals surface area contributed by atoms with E-state index >= 15 is 0 Å². The maximum Gasteiger partial charge on any atom is 0.251 e. The van der Waals surface area contributed by atoms with E-state index in [2.05, 4.69) is 10.3 Å². The van der Waals surface area contributed by atoms with Crippen molar-refractivity contribution in [1.29, 1.82) is 0 Å². The van der Waals surface area contributed by atoms with Crippen molar-refractivity contribution in [2.45, 2.75) is 6.54 Å². The average molecular weight is 341 g/mol. The Morgan fingerprint density at radius 3 is 2.76 bits per heavy atom. The Kier molecular flexibility index (Phi) is 3.75. The van der Waals surface area contributed by atoms with Crippen molar-refractivity contribution in [3.63, 3.8) is 0 Å². The van der Waals surface area contributed by atoms with E-state index in [1.165, 1.54) is 23.5 Å². The summed E-state index contributed by atoms with van der Waals surface area (Å²) in [5.41, 5.74) is 7.05. The number of hydrogen-bond acceptors (Lipinski definition) is 4. The zero-order chi connectivity index (χ0) is 15.0. The third-order valence-corrected chi connectivity index (χ3v) is 4.31. The van der Waals surface area contributed by atoms with Gasteiger partial charge in [0.1, 0.15) is 0 Å². The summed E-state index contributed by atoms with van der Waals surface area (Å²) in [5, 5.41) is 5.24. The van der Waals surface area contributed by atoms with Crippen LogP contribution in [0.3, 0.4) is 0 Å². The summed E-state index contributed by atoms with van der Waals surface area (Å²) in [6.45, 7) is 0.326. The molecular weight excluding hydrogens is 331 g/mol. The monoisotopic (exact) mass is 340 g/mol. The number of carbonyl (C=O) groups excluding carboxylic acids is 1. The molecule has 0 unspecified atom stereocenters. The molecule has 0 saturated carbocycles. The first-order valence-electron chi connectivity index (χ1n) is 5.98. The number of nitrogens with two attached hydrogens (primary N) is 1. The van der Waals surface area contributed by atoms with Crippen LogP contribution in [0.15, 0.2) is 29.9 Å². The molecule has 2 heterocycles. The molecule has 3 N–H and O–H groups in total. The van der Waals surface area contributed by atoms with Crippen LogP contribution in [-0.4, -0.2) is 15.3 Å². The van der Waals surface area contributed by atoms with Gasteiger partial charge in [0.05, 0.1) is 28.0 Å². The Bertz CT molecular complexity index is 775. The van der Waals surface area contributed by atoms with Crippen LogP contribution in [-0.2, 0) is 6.54 Å². The van der Waals surface area contributed by atoms with Gasteiger partial charge in [0, 0.05) is 23.3 Å². The summed E-state index contributed by atoms with van der Waals surface area (Å²) < 4.78 is 1.91. The number of thiazole rings is 1. The number of fused-ring (bicyclic) bond motifs is 1.